The first-order valence-electron chi connectivity index (χ1n) is 6.73. The van der Waals surface area contributed by atoms with E-state index in [-0.39, 0.29) is 25.4 Å². The highest BCUT2D eigenvalue weighted by Crippen LogP contribution is 2.17. The highest BCUT2D eigenvalue weighted by atomic mass is 35.5. The van der Waals surface area contributed by atoms with E-state index in [1.54, 1.807) is 35.6 Å². The van der Waals surface area contributed by atoms with Gasteiger partial charge >= 0.3 is 5.97 Å². The van der Waals surface area contributed by atoms with Gasteiger partial charge in [0.25, 0.3) is 0 Å². The van der Waals surface area contributed by atoms with Crippen molar-refractivity contribution < 1.29 is 14.7 Å². The molecule has 0 aliphatic rings. The van der Waals surface area contributed by atoms with E-state index in [0.717, 1.165) is 15.3 Å². The summed E-state index contributed by atoms with van der Waals surface area (Å²) < 4.78 is 0. The average molecular weight is 338 g/mol. The number of halogens is 1. The summed E-state index contributed by atoms with van der Waals surface area (Å²) in [6.07, 6.45) is 0.222. The number of hydrogen-bond acceptors (Lipinski definition) is 3. The van der Waals surface area contributed by atoms with Gasteiger partial charge in [0.15, 0.2) is 0 Å². The number of hydrogen-bond donors (Lipinski definition) is 1. The summed E-state index contributed by atoms with van der Waals surface area (Å²) in [6.45, 7) is 1.92. The standard InChI is InChI=1S/C16H16ClNO3S/c1-11-2-7-14(22-11)8-15(19)18(10-16(20)21)9-12-3-5-13(17)6-4-12/h2-7H,8-10H2,1H3,(H,20,21). The second kappa shape index (κ2) is 7.42. The van der Waals surface area contributed by atoms with Crippen LogP contribution in [0.25, 0.3) is 0 Å². The van der Waals surface area contributed by atoms with Crippen molar-refractivity contribution in [3.05, 3.63) is 56.7 Å². The lowest BCUT2D eigenvalue weighted by atomic mass is 10.2. The molecule has 0 atom stereocenters. The summed E-state index contributed by atoms with van der Waals surface area (Å²) in [6, 6.07) is 10.9. The summed E-state index contributed by atoms with van der Waals surface area (Å²) in [4.78, 5) is 26.8. The number of rotatable bonds is 6. The minimum Gasteiger partial charge on any atom is -0.480 e. The van der Waals surface area contributed by atoms with E-state index in [0.29, 0.717) is 5.02 Å². The highest BCUT2D eigenvalue weighted by Gasteiger charge is 2.18. The molecule has 1 N–H and O–H groups in total. The molecule has 1 heterocycles. The van der Waals surface area contributed by atoms with Crippen LogP contribution in [-0.2, 0) is 22.6 Å². The van der Waals surface area contributed by atoms with Gasteiger partial charge < -0.3 is 10.0 Å². The van der Waals surface area contributed by atoms with Gasteiger partial charge in [0.1, 0.15) is 6.54 Å². The van der Waals surface area contributed by atoms with Crippen molar-refractivity contribution in [2.45, 2.75) is 19.9 Å². The Kier molecular flexibility index (Phi) is 5.57. The van der Waals surface area contributed by atoms with Crippen LogP contribution < -0.4 is 0 Å². The van der Waals surface area contributed by atoms with E-state index in [9.17, 15) is 9.59 Å². The molecule has 22 heavy (non-hydrogen) atoms. The van der Waals surface area contributed by atoms with Gasteiger partial charge in [0.05, 0.1) is 6.42 Å². The van der Waals surface area contributed by atoms with Crippen molar-refractivity contribution in [2.75, 3.05) is 6.54 Å². The van der Waals surface area contributed by atoms with E-state index in [2.05, 4.69) is 0 Å². The second-order valence-corrected chi connectivity index (χ2v) is 6.77. The zero-order valence-corrected chi connectivity index (χ0v) is 13.7. The van der Waals surface area contributed by atoms with Crippen LogP contribution in [0.4, 0.5) is 0 Å². The van der Waals surface area contributed by atoms with Crippen molar-refractivity contribution >= 4 is 34.8 Å². The van der Waals surface area contributed by atoms with Crippen molar-refractivity contribution in [1.29, 1.82) is 0 Å². The van der Waals surface area contributed by atoms with Crippen LogP contribution in [0, 0.1) is 6.92 Å². The first-order valence-corrected chi connectivity index (χ1v) is 7.93. The maximum absolute atomic E-state index is 12.4. The third-order valence-electron chi connectivity index (χ3n) is 3.09. The lowest BCUT2D eigenvalue weighted by molar-refractivity contribution is -0.144. The maximum atomic E-state index is 12.4. The molecular weight excluding hydrogens is 322 g/mol. The highest BCUT2D eigenvalue weighted by molar-refractivity contribution is 7.12. The number of carboxylic acid groups (broad SMARTS) is 1. The summed E-state index contributed by atoms with van der Waals surface area (Å²) in [5.41, 5.74) is 0.848. The smallest absolute Gasteiger partial charge is 0.323 e. The lowest BCUT2D eigenvalue weighted by Gasteiger charge is -2.20. The molecule has 0 aliphatic carbocycles. The molecule has 0 aliphatic heterocycles. The monoisotopic (exact) mass is 337 g/mol. The number of aryl methyl sites for hydroxylation is 1. The second-order valence-electron chi connectivity index (χ2n) is 4.96. The molecule has 0 bridgehead atoms. The fourth-order valence-corrected chi connectivity index (χ4v) is 3.05. The van der Waals surface area contributed by atoms with E-state index < -0.39 is 5.97 Å². The Morgan fingerprint density at radius 3 is 2.41 bits per heavy atom. The molecule has 0 radical (unpaired) electrons. The topological polar surface area (TPSA) is 57.6 Å². The van der Waals surface area contributed by atoms with Gasteiger partial charge in [-0.1, -0.05) is 23.7 Å². The SMILES string of the molecule is Cc1ccc(CC(=O)N(CC(=O)O)Cc2ccc(Cl)cc2)s1. The minimum atomic E-state index is -1.02. The van der Waals surface area contributed by atoms with E-state index in [1.807, 2.05) is 19.1 Å². The van der Waals surface area contributed by atoms with Crippen molar-refractivity contribution in [2.24, 2.45) is 0 Å². The molecule has 4 nitrogen and oxygen atoms in total. The number of aliphatic carboxylic acids is 1. The summed E-state index contributed by atoms with van der Waals surface area (Å²) in [5, 5.41) is 9.62. The Hall–Kier alpha value is -1.85. The summed E-state index contributed by atoms with van der Waals surface area (Å²) in [7, 11) is 0. The van der Waals surface area contributed by atoms with Crippen molar-refractivity contribution in [1.82, 2.24) is 4.90 Å². The molecule has 0 spiro atoms. The lowest BCUT2D eigenvalue weighted by Crippen LogP contribution is -2.36. The van der Waals surface area contributed by atoms with Crippen LogP contribution in [-0.4, -0.2) is 28.4 Å². The van der Waals surface area contributed by atoms with E-state index >= 15 is 0 Å². The van der Waals surface area contributed by atoms with Crippen LogP contribution in [0.1, 0.15) is 15.3 Å². The van der Waals surface area contributed by atoms with Gasteiger partial charge in [-0.15, -0.1) is 11.3 Å². The molecule has 0 fully saturated rings. The number of carboxylic acids is 1. The molecular formula is C16H16ClNO3S. The van der Waals surface area contributed by atoms with E-state index in [1.165, 1.54) is 4.90 Å². The fourth-order valence-electron chi connectivity index (χ4n) is 2.05. The number of carbonyl (C=O) groups is 2. The average Bonchev–Trinajstić information content (AvgIpc) is 2.85. The molecule has 6 heteroatoms. The number of nitrogens with zero attached hydrogens (tertiary/aromatic N) is 1. The van der Waals surface area contributed by atoms with Gasteiger partial charge in [-0.3, -0.25) is 9.59 Å². The summed E-state index contributed by atoms with van der Waals surface area (Å²) >= 11 is 7.38. The van der Waals surface area contributed by atoms with Gasteiger partial charge in [-0.05, 0) is 36.8 Å². The number of amides is 1. The number of benzene rings is 1. The molecule has 1 aromatic heterocycles. The van der Waals surface area contributed by atoms with Crippen LogP contribution >= 0.6 is 22.9 Å². The van der Waals surface area contributed by atoms with Crippen LogP contribution in [0.2, 0.25) is 5.02 Å². The largest absolute Gasteiger partial charge is 0.480 e. The Morgan fingerprint density at radius 1 is 1.18 bits per heavy atom. The summed E-state index contributed by atoms with van der Waals surface area (Å²) in [5.74, 6) is -1.22. The number of carbonyl (C=O) groups excluding carboxylic acids is 1. The van der Waals surface area contributed by atoms with Gasteiger partial charge in [-0.25, -0.2) is 0 Å². The van der Waals surface area contributed by atoms with Crippen molar-refractivity contribution in [3.8, 4) is 0 Å². The van der Waals surface area contributed by atoms with Crippen LogP contribution in [0.15, 0.2) is 36.4 Å². The molecule has 1 amide bonds. The predicted octanol–water partition coefficient (Wildman–Crippen LogP) is 3.37. The Bertz CT molecular complexity index is 666. The first-order chi connectivity index (χ1) is 10.4. The van der Waals surface area contributed by atoms with Gasteiger partial charge in [-0.2, -0.15) is 0 Å². The molecule has 2 aromatic rings. The van der Waals surface area contributed by atoms with Gasteiger partial charge in [0.2, 0.25) is 5.91 Å². The normalized spacial score (nSPS) is 10.5. The molecule has 2 rings (SSSR count). The zero-order valence-electron chi connectivity index (χ0n) is 12.1. The van der Waals surface area contributed by atoms with Crippen LogP contribution in [0.3, 0.4) is 0 Å². The van der Waals surface area contributed by atoms with E-state index in [4.69, 9.17) is 16.7 Å². The third kappa shape index (κ3) is 4.86. The quantitative estimate of drug-likeness (QED) is 0.879. The Labute approximate surface area is 137 Å². The maximum Gasteiger partial charge on any atom is 0.323 e. The molecule has 0 saturated carbocycles. The number of thiophene rings is 1. The molecule has 0 unspecified atom stereocenters. The Morgan fingerprint density at radius 2 is 1.86 bits per heavy atom. The fraction of sp³-hybridized carbons (Fsp3) is 0.250. The van der Waals surface area contributed by atoms with Gasteiger partial charge in [0, 0.05) is 21.3 Å². The molecule has 1 aromatic carbocycles. The predicted molar refractivity (Wildman–Crippen MR) is 87.3 cm³/mol. The first kappa shape index (κ1) is 16.5. The third-order valence-corrected chi connectivity index (χ3v) is 4.34. The van der Waals surface area contributed by atoms with Crippen molar-refractivity contribution in [3.63, 3.8) is 0 Å². The molecule has 116 valence electrons. The minimum absolute atomic E-state index is 0.195. The van der Waals surface area contributed by atoms with Crippen LogP contribution in [0.5, 0.6) is 0 Å². The molecule has 0 saturated heterocycles. The zero-order chi connectivity index (χ0) is 16.1. The Balaban J connectivity index is 2.09.